The summed E-state index contributed by atoms with van der Waals surface area (Å²) in [5, 5.41) is 0. The van der Waals surface area contributed by atoms with E-state index in [0.29, 0.717) is 6.04 Å². The zero-order valence-electron chi connectivity index (χ0n) is 9.20. The fraction of sp³-hybridized carbons (Fsp3) is 0.333. The first-order valence-electron chi connectivity index (χ1n) is 5.59. The molecule has 0 aliphatic heterocycles. The number of carbonyl (C=O) groups is 1. The van der Waals surface area contributed by atoms with Crippen molar-refractivity contribution in [2.75, 3.05) is 0 Å². The zero-order valence-corrected chi connectivity index (χ0v) is 9.20. The molecule has 0 atom stereocenters. The van der Waals surface area contributed by atoms with Crippen molar-refractivity contribution in [3.63, 3.8) is 0 Å². The largest absolute Gasteiger partial charge is 0.461 e. The van der Waals surface area contributed by atoms with Crippen LogP contribution in [-0.2, 0) is 6.54 Å². The number of rotatable bonds is 4. The molecule has 0 radical (unpaired) electrons. The molecule has 2 heterocycles. The van der Waals surface area contributed by atoms with Crippen LogP contribution >= 0.6 is 0 Å². The molecule has 5 nitrogen and oxygen atoms in total. The maximum absolute atomic E-state index is 11.9. The van der Waals surface area contributed by atoms with Gasteiger partial charge in [0.15, 0.2) is 5.76 Å². The highest BCUT2D eigenvalue weighted by Crippen LogP contribution is 2.33. The predicted octanol–water partition coefficient (Wildman–Crippen LogP) is 1.46. The SMILES string of the molecule is O=C(Cn1ccn(C2CC2)c1=O)c1ccco1. The lowest BCUT2D eigenvalue weighted by Crippen LogP contribution is -2.26. The lowest BCUT2D eigenvalue weighted by molar-refractivity contribution is 0.0943. The minimum atomic E-state index is -0.189. The second-order valence-corrected chi connectivity index (χ2v) is 4.25. The average molecular weight is 232 g/mol. The van der Waals surface area contributed by atoms with E-state index in [1.165, 1.54) is 10.8 Å². The van der Waals surface area contributed by atoms with Gasteiger partial charge in [-0.15, -0.1) is 0 Å². The van der Waals surface area contributed by atoms with Crippen molar-refractivity contribution in [2.45, 2.75) is 25.4 Å². The first-order valence-corrected chi connectivity index (χ1v) is 5.59. The van der Waals surface area contributed by atoms with E-state index in [1.807, 2.05) is 0 Å². The van der Waals surface area contributed by atoms with Crippen LogP contribution in [0.3, 0.4) is 0 Å². The van der Waals surface area contributed by atoms with Gasteiger partial charge in [-0.05, 0) is 25.0 Å². The van der Waals surface area contributed by atoms with Gasteiger partial charge in [0.05, 0.1) is 12.8 Å². The summed E-state index contributed by atoms with van der Waals surface area (Å²) in [5.74, 6) is 0.0988. The molecule has 88 valence electrons. The molecule has 0 aromatic carbocycles. The average Bonchev–Trinajstić information content (AvgIpc) is 2.89. The van der Waals surface area contributed by atoms with Gasteiger partial charge in [0.1, 0.15) is 0 Å². The van der Waals surface area contributed by atoms with E-state index in [9.17, 15) is 9.59 Å². The van der Waals surface area contributed by atoms with Crippen molar-refractivity contribution >= 4 is 5.78 Å². The Bertz CT molecular complexity index is 588. The van der Waals surface area contributed by atoms with Gasteiger partial charge in [0.2, 0.25) is 5.78 Å². The van der Waals surface area contributed by atoms with Gasteiger partial charge in [-0.1, -0.05) is 0 Å². The third-order valence-electron chi connectivity index (χ3n) is 2.92. The maximum Gasteiger partial charge on any atom is 0.328 e. The summed E-state index contributed by atoms with van der Waals surface area (Å²) in [6, 6.07) is 3.60. The summed E-state index contributed by atoms with van der Waals surface area (Å²) in [4.78, 5) is 23.7. The smallest absolute Gasteiger partial charge is 0.328 e. The molecule has 0 spiro atoms. The molecule has 0 bridgehead atoms. The fourth-order valence-electron chi connectivity index (χ4n) is 1.85. The second kappa shape index (κ2) is 3.76. The molecular weight excluding hydrogens is 220 g/mol. The van der Waals surface area contributed by atoms with Crippen LogP contribution in [0.2, 0.25) is 0 Å². The van der Waals surface area contributed by atoms with Crippen molar-refractivity contribution < 1.29 is 9.21 Å². The summed E-state index contributed by atoms with van der Waals surface area (Å²) >= 11 is 0. The monoisotopic (exact) mass is 232 g/mol. The molecule has 2 aromatic rings. The molecule has 1 saturated carbocycles. The Morgan fingerprint density at radius 1 is 1.41 bits per heavy atom. The Balaban J connectivity index is 1.81. The normalized spacial score (nSPS) is 15.1. The summed E-state index contributed by atoms with van der Waals surface area (Å²) < 4.78 is 8.11. The van der Waals surface area contributed by atoms with Crippen molar-refractivity contribution in [3.8, 4) is 0 Å². The van der Waals surface area contributed by atoms with Crippen LogP contribution in [0.15, 0.2) is 40.0 Å². The number of Topliss-reactive ketones (excluding diaryl/α,β-unsaturated/α-hetero) is 1. The molecule has 0 saturated heterocycles. The van der Waals surface area contributed by atoms with Crippen LogP contribution in [0.4, 0.5) is 0 Å². The van der Waals surface area contributed by atoms with Gasteiger partial charge in [-0.2, -0.15) is 0 Å². The van der Waals surface area contributed by atoms with Crippen LogP contribution in [0.5, 0.6) is 0 Å². The number of ketones is 1. The fourth-order valence-corrected chi connectivity index (χ4v) is 1.85. The quantitative estimate of drug-likeness (QED) is 0.750. The lowest BCUT2D eigenvalue weighted by Gasteiger charge is -1.99. The van der Waals surface area contributed by atoms with Gasteiger partial charge in [-0.3, -0.25) is 13.9 Å². The van der Waals surface area contributed by atoms with Crippen LogP contribution in [-0.4, -0.2) is 14.9 Å². The molecular formula is C12H12N2O3. The standard InChI is InChI=1S/C12H12N2O3/c15-10(11-2-1-7-17-11)8-13-5-6-14(12(13)16)9-3-4-9/h1-2,5-7,9H,3-4,8H2. The lowest BCUT2D eigenvalue weighted by atomic mass is 10.3. The molecule has 1 aliphatic carbocycles. The van der Waals surface area contributed by atoms with Gasteiger partial charge in [0, 0.05) is 18.4 Å². The molecule has 3 rings (SSSR count). The summed E-state index contributed by atoms with van der Waals surface area (Å²) in [5.41, 5.74) is -0.118. The summed E-state index contributed by atoms with van der Waals surface area (Å²) in [7, 11) is 0. The van der Waals surface area contributed by atoms with E-state index in [0.717, 1.165) is 12.8 Å². The Morgan fingerprint density at radius 3 is 2.88 bits per heavy atom. The van der Waals surface area contributed by atoms with Crippen molar-refractivity contribution in [1.82, 2.24) is 9.13 Å². The van der Waals surface area contributed by atoms with Crippen molar-refractivity contribution in [2.24, 2.45) is 0 Å². The van der Waals surface area contributed by atoms with Crippen molar-refractivity contribution in [3.05, 3.63) is 47.0 Å². The Morgan fingerprint density at radius 2 is 2.24 bits per heavy atom. The highest BCUT2D eigenvalue weighted by molar-refractivity contribution is 5.93. The van der Waals surface area contributed by atoms with E-state index in [1.54, 1.807) is 29.1 Å². The number of hydrogen-bond donors (Lipinski definition) is 0. The van der Waals surface area contributed by atoms with E-state index in [4.69, 9.17) is 4.42 Å². The first kappa shape index (κ1) is 10.1. The highest BCUT2D eigenvalue weighted by Gasteiger charge is 2.25. The van der Waals surface area contributed by atoms with E-state index in [-0.39, 0.29) is 23.8 Å². The number of furan rings is 1. The zero-order chi connectivity index (χ0) is 11.8. The van der Waals surface area contributed by atoms with Gasteiger partial charge >= 0.3 is 5.69 Å². The third-order valence-corrected chi connectivity index (χ3v) is 2.92. The van der Waals surface area contributed by atoms with Gasteiger partial charge in [0.25, 0.3) is 0 Å². The van der Waals surface area contributed by atoms with Crippen LogP contribution in [0.1, 0.15) is 29.4 Å². The highest BCUT2D eigenvalue weighted by atomic mass is 16.3. The van der Waals surface area contributed by atoms with E-state index >= 15 is 0 Å². The summed E-state index contributed by atoms with van der Waals surface area (Å²) in [6.07, 6.45) is 6.95. The number of aromatic nitrogens is 2. The Hall–Kier alpha value is -2.04. The minimum absolute atomic E-state index is 0.0338. The molecule has 17 heavy (non-hydrogen) atoms. The Labute approximate surface area is 97.3 Å². The molecule has 5 heteroatoms. The van der Waals surface area contributed by atoms with E-state index < -0.39 is 0 Å². The molecule has 0 unspecified atom stereocenters. The molecule has 1 aliphatic rings. The van der Waals surface area contributed by atoms with Crippen LogP contribution < -0.4 is 5.69 Å². The molecule has 1 fully saturated rings. The first-order chi connectivity index (χ1) is 8.25. The van der Waals surface area contributed by atoms with Gasteiger partial charge in [-0.25, -0.2) is 4.79 Å². The van der Waals surface area contributed by atoms with Gasteiger partial charge < -0.3 is 4.42 Å². The minimum Gasteiger partial charge on any atom is -0.461 e. The Kier molecular flexibility index (Phi) is 2.24. The molecule has 2 aromatic heterocycles. The number of carbonyl (C=O) groups excluding carboxylic acids is 1. The van der Waals surface area contributed by atoms with E-state index in [2.05, 4.69) is 0 Å². The maximum atomic E-state index is 11.9. The predicted molar refractivity (Wildman–Crippen MR) is 60.0 cm³/mol. The molecule has 0 N–H and O–H groups in total. The third kappa shape index (κ3) is 1.84. The number of imidazole rings is 1. The van der Waals surface area contributed by atoms with Crippen LogP contribution in [0, 0.1) is 0 Å². The van der Waals surface area contributed by atoms with Crippen molar-refractivity contribution in [1.29, 1.82) is 0 Å². The topological polar surface area (TPSA) is 57.1 Å². The second-order valence-electron chi connectivity index (χ2n) is 4.25. The summed E-state index contributed by atoms with van der Waals surface area (Å²) in [6.45, 7) is 0.0338. The number of nitrogens with zero attached hydrogens (tertiary/aromatic N) is 2. The van der Waals surface area contributed by atoms with Crippen LogP contribution in [0.25, 0.3) is 0 Å². The number of hydrogen-bond acceptors (Lipinski definition) is 3. The molecule has 0 amide bonds.